The van der Waals surface area contributed by atoms with Crippen LogP contribution in [0.4, 0.5) is 0 Å². The van der Waals surface area contributed by atoms with Gasteiger partial charge >= 0.3 is 0 Å². The predicted molar refractivity (Wildman–Crippen MR) is 103 cm³/mol. The summed E-state index contributed by atoms with van der Waals surface area (Å²) in [7, 11) is -2.89. The van der Waals surface area contributed by atoms with Crippen LogP contribution in [0.15, 0.2) is 30.3 Å². The molecule has 128 valence electrons. The molecule has 3 atom stereocenters. The highest BCUT2D eigenvalue weighted by atomic mass is 28.4. The lowest BCUT2D eigenvalue weighted by Crippen LogP contribution is -2.73. The van der Waals surface area contributed by atoms with Crippen LogP contribution in [0, 0.1) is 0 Å². The van der Waals surface area contributed by atoms with E-state index in [4.69, 9.17) is 9.47 Å². The smallest absolute Gasteiger partial charge is 0.114 e. The van der Waals surface area contributed by atoms with Gasteiger partial charge < -0.3 is 9.47 Å². The Morgan fingerprint density at radius 3 is 2.39 bits per heavy atom. The fourth-order valence-corrected chi connectivity index (χ4v) is 16.0. The van der Waals surface area contributed by atoms with Gasteiger partial charge in [0.25, 0.3) is 0 Å². The van der Waals surface area contributed by atoms with Crippen LogP contribution >= 0.6 is 0 Å². The van der Waals surface area contributed by atoms with Crippen LogP contribution in [0.1, 0.15) is 38.5 Å². The van der Waals surface area contributed by atoms with Crippen molar-refractivity contribution in [1.82, 2.24) is 0 Å². The van der Waals surface area contributed by atoms with Crippen molar-refractivity contribution in [2.24, 2.45) is 0 Å². The van der Waals surface area contributed by atoms with Gasteiger partial charge in [0.2, 0.25) is 0 Å². The molecule has 1 aromatic rings. The topological polar surface area (TPSA) is 18.5 Å². The van der Waals surface area contributed by atoms with Crippen molar-refractivity contribution in [2.75, 3.05) is 13.2 Å². The second-order valence-corrected chi connectivity index (χ2v) is 16.5. The molecule has 0 radical (unpaired) electrons. The van der Waals surface area contributed by atoms with E-state index in [2.05, 4.69) is 50.0 Å². The Hall–Kier alpha value is -0.426. The Morgan fingerprint density at radius 1 is 1.04 bits per heavy atom. The molecule has 2 aliphatic heterocycles. The summed E-state index contributed by atoms with van der Waals surface area (Å²) in [5.74, 6) is 0. The fourth-order valence-electron chi connectivity index (χ4n) is 4.82. The number of hydrogen-bond acceptors (Lipinski definition) is 2. The summed E-state index contributed by atoms with van der Waals surface area (Å²) < 4.78 is 13.1. The third-order valence-electron chi connectivity index (χ3n) is 6.38. The van der Waals surface area contributed by atoms with E-state index in [1.807, 2.05) is 0 Å². The van der Waals surface area contributed by atoms with Crippen LogP contribution in [0.3, 0.4) is 0 Å². The van der Waals surface area contributed by atoms with Gasteiger partial charge in [0.05, 0.1) is 10.6 Å². The van der Waals surface area contributed by atoms with Gasteiger partial charge in [-0.1, -0.05) is 55.2 Å². The lowest BCUT2D eigenvalue weighted by Gasteiger charge is -2.54. The fraction of sp³-hybridized carbons (Fsp3) is 0.684. The highest BCUT2D eigenvalue weighted by Crippen LogP contribution is 2.40. The highest BCUT2D eigenvalue weighted by Gasteiger charge is 2.57. The number of benzene rings is 1. The van der Waals surface area contributed by atoms with Crippen LogP contribution in [0.5, 0.6) is 0 Å². The Kier molecular flexibility index (Phi) is 5.46. The summed E-state index contributed by atoms with van der Waals surface area (Å²) in [6.45, 7) is 9.55. The first-order valence-corrected chi connectivity index (χ1v) is 14.8. The van der Waals surface area contributed by atoms with Gasteiger partial charge in [-0.15, -0.1) is 0 Å². The minimum absolute atomic E-state index is 0.147. The molecule has 2 fully saturated rings. The molecule has 0 amide bonds. The van der Waals surface area contributed by atoms with Crippen LogP contribution < -0.4 is 5.19 Å². The average molecular weight is 349 g/mol. The molecule has 3 rings (SSSR count). The van der Waals surface area contributed by atoms with E-state index in [1.54, 1.807) is 5.19 Å². The molecule has 0 aliphatic carbocycles. The highest BCUT2D eigenvalue weighted by molar-refractivity contribution is 6.97. The van der Waals surface area contributed by atoms with Crippen LogP contribution in [-0.2, 0) is 9.47 Å². The Morgan fingerprint density at radius 2 is 1.78 bits per heavy atom. The van der Waals surface area contributed by atoms with Crippen LogP contribution in [0.2, 0.25) is 19.6 Å². The first-order valence-electron chi connectivity index (χ1n) is 9.38. The minimum Gasteiger partial charge on any atom is -0.382 e. The van der Waals surface area contributed by atoms with E-state index in [-0.39, 0.29) is 4.85 Å². The van der Waals surface area contributed by atoms with Gasteiger partial charge in [-0.05, 0) is 38.5 Å². The molecule has 0 spiro atoms. The van der Waals surface area contributed by atoms with Gasteiger partial charge in [0, 0.05) is 13.2 Å². The van der Waals surface area contributed by atoms with Gasteiger partial charge in [0.15, 0.2) is 0 Å². The average Bonchev–Trinajstić information content (AvgIpc) is 2.63. The van der Waals surface area contributed by atoms with E-state index in [9.17, 15) is 0 Å². The summed E-state index contributed by atoms with van der Waals surface area (Å²) in [4.78, 5) is 0.147. The van der Waals surface area contributed by atoms with E-state index in [1.165, 1.54) is 38.5 Å². The van der Waals surface area contributed by atoms with Crippen molar-refractivity contribution in [2.45, 2.75) is 68.7 Å². The van der Waals surface area contributed by atoms with E-state index < -0.39 is 16.9 Å². The maximum atomic E-state index is 6.74. The third kappa shape index (κ3) is 3.23. The van der Waals surface area contributed by atoms with Crippen LogP contribution in [0.25, 0.3) is 0 Å². The first kappa shape index (κ1) is 17.4. The minimum atomic E-state index is -1.68. The van der Waals surface area contributed by atoms with Crippen molar-refractivity contribution in [3.05, 3.63) is 30.3 Å². The lowest BCUT2D eigenvalue weighted by molar-refractivity contribution is 0.00614. The molecule has 4 heteroatoms. The van der Waals surface area contributed by atoms with Gasteiger partial charge in [0.1, 0.15) is 16.9 Å². The predicted octanol–water partition coefficient (Wildman–Crippen LogP) is 3.58. The van der Waals surface area contributed by atoms with Gasteiger partial charge in [-0.2, -0.15) is 0 Å². The molecule has 1 aromatic carbocycles. The molecule has 2 heterocycles. The SMILES string of the molecule is C[SiH](c1ccccc1)C1([Si](C)(C)C2CCCCO2)CCCCO1. The molecule has 2 nitrogen and oxygen atoms in total. The van der Waals surface area contributed by atoms with Crippen molar-refractivity contribution < 1.29 is 9.47 Å². The standard InChI is InChI=1S/C19H32O2Si2/c1-22(17-11-5-4-6-12-17)19(14-8-10-16-21-19)23(2,3)18-13-7-9-15-20-18/h4-6,11-12,18,22H,7-10,13-16H2,1-3H3. The molecule has 3 unspecified atom stereocenters. The molecular formula is C19H32O2Si2. The zero-order valence-corrected chi connectivity index (χ0v) is 17.2. The summed E-state index contributed by atoms with van der Waals surface area (Å²) in [6, 6.07) is 11.2. The molecule has 0 N–H and O–H groups in total. The molecule has 23 heavy (non-hydrogen) atoms. The lowest BCUT2D eigenvalue weighted by atomic mass is 10.2. The third-order valence-corrected chi connectivity index (χ3v) is 17.8. The monoisotopic (exact) mass is 348 g/mol. The number of ether oxygens (including phenoxy) is 2. The molecule has 2 aliphatic rings. The Balaban J connectivity index is 1.95. The van der Waals surface area contributed by atoms with Gasteiger partial charge in [-0.3, -0.25) is 0 Å². The zero-order chi connectivity index (χ0) is 16.3. The maximum absolute atomic E-state index is 6.74. The van der Waals surface area contributed by atoms with Crippen molar-refractivity contribution in [3.63, 3.8) is 0 Å². The van der Waals surface area contributed by atoms with Crippen molar-refractivity contribution in [1.29, 1.82) is 0 Å². The summed E-state index contributed by atoms with van der Waals surface area (Å²) in [5, 5.41) is 1.56. The second-order valence-electron chi connectivity index (χ2n) is 7.90. The zero-order valence-electron chi connectivity index (χ0n) is 15.0. The summed E-state index contributed by atoms with van der Waals surface area (Å²) in [6.07, 6.45) is 7.63. The normalized spacial score (nSPS) is 30.8. The Bertz CT molecular complexity index is 491. The molecule has 2 saturated heterocycles. The summed E-state index contributed by atoms with van der Waals surface area (Å²) in [5.41, 5.74) is 0.480. The van der Waals surface area contributed by atoms with Crippen LogP contribution in [-0.4, -0.2) is 40.7 Å². The number of hydrogen-bond donors (Lipinski definition) is 0. The van der Waals surface area contributed by atoms with E-state index in [0.29, 0.717) is 5.73 Å². The van der Waals surface area contributed by atoms with E-state index >= 15 is 0 Å². The van der Waals surface area contributed by atoms with E-state index in [0.717, 1.165) is 13.2 Å². The quantitative estimate of drug-likeness (QED) is 0.774. The second kappa shape index (κ2) is 7.22. The Labute approximate surface area is 144 Å². The van der Waals surface area contributed by atoms with Gasteiger partial charge in [-0.25, -0.2) is 0 Å². The molecular weight excluding hydrogens is 316 g/mol. The largest absolute Gasteiger partial charge is 0.382 e. The first-order chi connectivity index (χ1) is 11.1. The summed E-state index contributed by atoms with van der Waals surface area (Å²) >= 11 is 0. The molecule has 0 aromatic heterocycles. The maximum Gasteiger partial charge on any atom is 0.114 e. The van der Waals surface area contributed by atoms with Crippen molar-refractivity contribution >= 4 is 22.1 Å². The molecule has 0 saturated carbocycles. The number of rotatable bonds is 4. The van der Waals surface area contributed by atoms with Crippen molar-refractivity contribution in [3.8, 4) is 0 Å². The molecule has 0 bridgehead atoms.